The van der Waals surface area contributed by atoms with E-state index in [1.807, 2.05) is 18.2 Å². The maximum absolute atomic E-state index is 14.9. The maximum Gasteiger partial charge on any atom is 0.258 e. The van der Waals surface area contributed by atoms with Crippen LogP contribution < -0.4 is 9.80 Å². The minimum absolute atomic E-state index is 0.179. The number of carbonyl (C=O) groups excluding carboxylic acids is 1. The zero-order valence-corrected chi connectivity index (χ0v) is 19.9. The van der Waals surface area contributed by atoms with Gasteiger partial charge in [0, 0.05) is 55.6 Å². The van der Waals surface area contributed by atoms with E-state index in [9.17, 15) is 9.18 Å². The molecule has 0 radical (unpaired) electrons. The summed E-state index contributed by atoms with van der Waals surface area (Å²) in [7, 11) is 5.78. The number of nitrogens with zero attached hydrogens (tertiary/aromatic N) is 5. The Labute approximate surface area is 198 Å². The maximum atomic E-state index is 14.9. The van der Waals surface area contributed by atoms with Gasteiger partial charge in [-0.15, -0.1) is 0 Å². The Morgan fingerprint density at radius 1 is 1.12 bits per heavy atom. The van der Waals surface area contributed by atoms with E-state index in [0.717, 1.165) is 25.1 Å². The first-order chi connectivity index (χ1) is 15.9. The van der Waals surface area contributed by atoms with Crippen LogP contribution in [0.4, 0.5) is 15.8 Å². The number of rotatable bonds is 7. The quantitative estimate of drug-likeness (QED) is 0.383. The molecule has 0 saturated carbocycles. The third kappa shape index (κ3) is 5.51. The zero-order chi connectivity index (χ0) is 23.4. The number of carbonyl (C=O) groups is 1. The number of aromatic nitrogens is 2. The van der Waals surface area contributed by atoms with Crippen LogP contribution in [0.5, 0.6) is 0 Å². The lowest BCUT2D eigenvalue weighted by atomic mass is 10.1. The number of thioether (sulfide) groups is 1. The molecule has 1 fully saturated rings. The average Bonchev–Trinajstić information content (AvgIpc) is 3.33. The molecule has 0 bridgehead atoms. The smallest absolute Gasteiger partial charge is 0.258 e. The summed E-state index contributed by atoms with van der Waals surface area (Å²) in [4.78, 5) is 27.1. The Kier molecular flexibility index (Phi) is 7.25. The summed E-state index contributed by atoms with van der Waals surface area (Å²) in [6, 6.07) is 14.7. The van der Waals surface area contributed by atoms with Gasteiger partial charge >= 0.3 is 0 Å². The summed E-state index contributed by atoms with van der Waals surface area (Å²) >= 11 is 1.54. The van der Waals surface area contributed by atoms with Crippen molar-refractivity contribution in [3.8, 4) is 0 Å². The Balaban J connectivity index is 1.40. The zero-order valence-electron chi connectivity index (χ0n) is 19.1. The van der Waals surface area contributed by atoms with Crippen LogP contribution in [0, 0.1) is 5.82 Å². The van der Waals surface area contributed by atoms with Crippen molar-refractivity contribution >= 4 is 29.0 Å². The first-order valence-electron chi connectivity index (χ1n) is 10.9. The Morgan fingerprint density at radius 2 is 1.85 bits per heavy atom. The molecular weight excluding hydrogens is 437 g/mol. The number of amides is 1. The molecule has 1 aliphatic rings. The van der Waals surface area contributed by atoms with Gasteiger partial charge in [-0.05, 0) is 62.5 Å². The van der Waals surface area contributed by atoms with Gasteiger partial charge in [0.1, 0.15) is 5.82 Å². The largest absolute Gasteiger partial charge is 0.368 e. The van der Waals surface area contributed by atoms with Crippen LogP contribution in [0.25, 0.3) is 0 Å². The van der Waals surface area contributed by atoms with Gasteiger partial charge < -0.3 is 14.7 Å². The van der Waals surface area contributed by atoms with Crippen LogP contribution in [-0.2, 0) is 5.75 Å². The van der Waals surface area contributed by atoms with Crippen molar-refractivity contribution in [1.82, 2.24) is 14.9 Å². The molecule has 1 aliphatic heterocycles. The highest BCUT2D eigenvalue weighted by molar-refractivity contribution is 7.98. The highest BCUT2D eigenvalue weighted by Gasteiger charge is 2.26. The lowest BCUT2D eigenvalue weighted by Crippen LogP contribution is -2.31. The predicted molar refractivity (Wildman–Crippen MR) is 131 cm³/mol. The summed E-state index contributed by atoms with van der Waals surface area (Å²) in [6.45, 7) is 1.63. The third-order valence-corrected chi connectivity index (χ3v) is 6.92. The fourth-order valence-electron chi connectivity index (χ4n) is 3.91. The summed E-state index contributed by atoms with van der Waals surface area (Å²) in [5, 5.41) is 0.717. The molecule has 0 N–H and O–H groups in total. The SMILES string of the molecule is CN(C(=O)c1ccc(CSc2ncccn2)cc1)c1ccc(N2CCC(N(C)C)C2)c(F)c1. The van der Waals surface area contributed by atoms with Gasteiger partial charge in [-0.25, -0.2) is 14.4 Å². The number of benzene rings is 2. The average molecular weight is 466 g/mol. The molecule has 33 heavy (non-hydrogen) atoms. The molecule has 1 saturated heterocycles. The second-order valence-electron chi connectivity index (χ2n) is 8.37. The van der Waals surface area contributed by atoms with Gasteiger partial charge in [-0.2, -0.15) is 0 Å². The van der Waals surface area contributed by atoms with Crippen LogP contribution in [-0.4, -0.2) is 61.0 Å². The first-order valence-corrected chi connectivity index (χ1v) is 11.9. The van der Waals surface area contributed by atoms with Crippen LogP contribution in [0.2, 0.25) is 0 Å². The molecule has 1 amide bonds. The van der Waals surface area contributed by atoms with Crippen LogP contribution >= 0.6 is 11.8 Å². The van der Waals surface area contributed by atoms with Crippen molar-refractivity contribution in [2.24, 2.45) is 0 Å². The van der Waals surface area contributed by atoms with E-state index >= 15 is 0 Å². The van der Waals surface area contributed by atoms with E-state index in [2.05, 4.69) is 33.9 Å². The third-order valence-electron chi connectivity index (χ3n) is 5.97. The molecule has 1 aromatic heterocycles. The Morgan fingerprint density at radius 3 is 2.48 bits per heavy atom. The summed E-state index contributed by atoms with van der Waals surface area (Å²) < 4.78 is 14.9. The van der Waals surface area contributed by atoms with Crippen molar-refractivity contribution < 1.29 is 9.18 Å². The minimum Gasteiger partial charge on any atom is -0.368 e. The number of hydrogen-bond acceptors (Lipinski definition) is 6. The van der Waals surface area contributed by atoms with Crippen molar-refractivity contribution in [3.05, 3.63) is 77.9 Å². The Bertz CT molecular complexity index is 1090. The van der Waals surface area contributed by atoms with E-state index in [4.69, 9.17) is 0 Å². The Hall–Kier alpha value is -2.97. The van der Waals surface area contributed by atoms with Gasteiger partial charge in [-0.3, -0.25) is 4.79 Å². The number of hydrogen-bond donors (Lipinski definition) is 0. The highest BCUT2D eigenvalue weighted by Crippen LogP contribution is 2.29. The number of halogens is 1. The van der Waals surface area contributed by atoms with E-state index in [1.54, 1.807) is 43.7 Å². The molecule has 2 aromatic carbocycles. The first kappa shape index (κ1) is 23.2. The molecule has 6 nitrogen and oxygen atoms in total. The van der Waals surface area contributed by atoms with E-state index in [0.29, 0.717) is 33.9 Å². The monoisotopic (exact) mass is 465 g/mol. The van der Waals surface area contributed by atoms with Crippen molar-refractivity contribution in [3.63, 3.8) is 0 Å². The standard InChI is InChI=1S/C25H28FN5OS/c1-29(2)21-11-14-31(16-21)23-10-9-20(15-22(23)26)30(3)24(32)19-7-5-18(6-8-19)17-33-25-27-12-4-13-28-25/h4-10,12-13,15,21H,11,14,16-17H2,1-3H3. The predicted octanol–water partition coefficient (Wildman–Crippen LogP) is 4.32. The molecule has 172 valence electrons. The molecular formula is C25H28FN5OS. The van der Waals surface area contributed by atoms with Crippen molar-refractivity contribution in [2.45, 2.75) is 23.4 Å². The van der Waals surface area contributed by atoms with Gasteiger partial charge in [0.05, 0.1) is 5.69 Å². The fourth-order valence-corrected chi connectivity index (χ4v) is 4.66. The van der Waals surface area contributed by atoms with Crippen molar-refractivity contribution in [1.29, 1.82) is 0 Å². The second kappa shape index (κ2) is 10.3. The highest BCUT2D eigenvalue weighted by atomic mass is 32.2. The van der Waals surface area contributed by atoms with Gasteiger partial charge in [0.25, 0.3) is 5.91 Å². The molecule has 3 aromatic rings. The summed E-state index contributed by atoms with van der Waals surface area (Å²) in [5.41, 5.74) is 2.75. The number of anilines is 2. The van der Waals surface area contributed by atoms with Gasteiger partial charge in [-0.1, -0.05) is 23.9 Å². The molecule has 2 heterocycles. The van der Waals surface area contributed by atoms with Gasteiger partial charge in [0.2, 0.25) is 0 Å². The van der Waals surface area contributed by atoms with E-state index in [-0.39, 0.29) is 11.7 Å². The van der Waals surface area contributed by atoms with Crippen LogP contribution in [0.3, 0.4) is 0 Å². The lowest BCUT2D eigenvalue weighted by molar-refractivity contribution is 0.0993. The molecule has 1 atom stereocenters. The fraction of sp³-hybridized carbons (Fsp3) is 0.320. The second-order valence-corrected chi connectivity index (χ2v) is 9.31. The normalized spacial score (nSPS) is 15.8. The van der Waals surface area contributed by atoms with E-state index in [1.165, 1.54) is 22.7 Å². The molecule has 1 unspecified atom stereocenters. The van der Waals surface area contributed by atoms with Crippen molar-refractivity contribution in [2.75, 3.05) is 44.0 Å². The van der Waals surface area contributed by atoms with E-state index < -0.39 is 0 Å². The molecule has 0 aliphatic carbocycles. The van der Waals surface area contributed by atoms with Crippen LogP contribution in [0.15, 0.2) is 66.1 Å². The van der Waals surface area contributed by atoms with Gasteiger partial charge in [0.15, 0.2) is 5.16 Å². The topological polar surface area (TPSA) is 52.6 Å². The minimum atomic E-state index is -0.304. The van der Waals surface area contributed by atoms with Crippen LogP contribution in [0.1, 0.15) is 22.3 Å². The number of likely N-dealkylation sites (N-methyl/N-ethyl adjacent to an activating group) is 1. The molecule has 8 heteroatoms. The molecule has 4 rings (SSSR count). The molecule has 0 spiro atoms. The summed E-state index contributed by atoms with van der Waals surface area (Å²) in [5.74, 6) is 0.232. The lowest BCUT2D eigenvalue weighted by Gasteiger charge is -2.23. The summed E-state index contributed by atoms with van der Waals surface area (Å²) in [6.07, 6.45) is 4.45.